The number of hydrogen-bond donors (Lipinski definition) is 7. The van der Waals surface area contributed by atoms with Crippen molar-refractivity contribution in [1.29, 1.82) is 0 Å². The second-order valence-corrected chi connectivity index (χ2v) is 16.2. The van der Waals surface area contributed by atoms with Gasteiger partial charge in [-0.1, -0.05) is 179 Å². The SMILES string of the molecule is CCCCCCCCCCCCCCCCCCCCCCCCCC(=O)N[C@@H](CO[C@H]1O[C@H](CO)[C@H](O)[C@H](O)[C@H]1O)[C@H](O)[C@H](O)CCCc1ccccc1. The highest BCUT2D eigenvalue weighted by atomic mass is 16.7. The molecule has 0 bridgehead atoms. The minimum Gasteiger partial charge on any atom is -0.394 e. The number of nitrogens with one attached hydrogen (secondary N) is 1. The Morgan fingerprint density at radius 3 is 1.62 bits per heavy atom. The fourth-order valence-electron chi connectivity index (χ4n) is 7.58. The van der Waals surface area contributed by atoms with Gasteiger partial charge in [-0.2, -0.15) is 0 Å². The molecule has 0 radical (unpaired) electrons. The molecule has 0 spiro atoms. The molecule has 1 saturated heterocycles. The molecule has 8 atom stereocenters. The third kappa shape index (κ3) is 22.8. The second-order valence-electron chi connectivity index (χ2n) is 16.2. The van der Waals surface area contributed by atoms with Gasteiger partial charge < -0.3 is 45.4 Å². The van der Waals surface area contributed by atoms with E-state index in [0.717, 1.165) is 31.2 Å². The third-order valence-corrected chi connectivity index (χ3v) is 11.3. The first kappa shape index (κ1) is 49.5. The number of aliphatic hydroxyl groups excluding tert-OH is 6. The van der Waals surface area contributed by atoms with E-state index in [1.165, 1.54) is 122 Å². The molecule has 0 unspecified atom stereocenters. The van der Waals surface area contributed by atoms with E-state index in [1.54, 1.807) is 0 Å². The fraction of sp³-hybridized carbons (Fsp3) is 0.844. The van der Waals surface area contributed by atoms with Gasteiger partial charge in [0, 0.05) is 6.42 Å². The topological polar surface area (TPSA) is 169 Å². The van der Waals surface area contributed by atoms with Crippen molar-refractivity contribution in [2.45, 2.75) is 229 Å². The number of hydrogen-bond acceptors (Lipinski definition) is 9. The summed E-state index contributed by atoms with van der Waals surface area (Å²) in [6.45, 7) is 1.35. The van der Waals surface area contributed by atoms with Crippen LogP contribution >= 0.6 is 0 Å². The first-order valence-corrected chi connectivity index (χ1v) is 22.4. The van der Waals surface area contributed by atoms with Crippen LogP contribution in [-0.2, 0) is 20.7 Å². The molecule has 0 saturated carbocycles. The van der Waals surface area contributed by atoms with E-state index in [2.05, 4.69) is 12.2 Å². The number of carbonyl (C=O) groups excluding carboxylic acids is 1. The van der Waals surface area contributed by atoms with E-state index in [4.69, 9.17) is 9.47 Å². The van der Waals surface area contributed by atoms with Crippen LogP contribution in [0.2, 0.25) is 0 Å². The Morgan fingerprint density at radius 2 is 1.15 bits per heavy atom. The molecule has 320 valence electrons. The maximum Gasteiger partial charge on any atom is 0.220 e. The van der Waals surface area contributed by atoms with E-state index < -0.39 is 55.6 Å². The van der Waals surface area contributed by atoms with Crippen molar-refractivity contribution in [1.82, 2.24) is 5.32 Å². The highest BCUT2D eigenvalue weighted by Crippen LogP contribution is 2.23. The van der Waals surface area contributed by atoms with Gasteiger partial charge in [0.05, 0.1) is 25.4 Å². The highest BCUT2D eigenvalue weighted by molar-refractivity contribution is 5.76. The average Bonchev–Trinajstić information content (AvgIpc) is 3.19. The van der Waals surface area contributed by atoms with Crippen LogP contribution in [-0.4, -0.2) is 98.7 Å². The van der Waals surface area contributed by atoms with Crippen LogP contribution in [0.4, 0.5) is 0 Å². The minimum absolute atomic E-state index is 0.270. The largest absolute Gasteiger partial charge is 0.394 e. The summed E-state index contributed by atoms with van der Waals surface area (Å²) >= 11 is 0. The third-order valence-electron chi connectivity index (χ3n) is 11.3. The Balaban J connectivity index is 1.57. The monoisotopic (exact) mass is 780 g/mol. The quantitative estimate of drug-likeness (QED) is 0.0347. The molecule has 10 nitrogen and oxygen atoms in total. The zero-order valence-electron chi connectivity index (χ0n) is 34.4. The van der Waals surface area contributed by atoms with Crippen molar-refractivity contribution < 1.29 is 44.9 Å². The molecule has 1 aromatic carbocycles. The van der Waals surface area contributed by atoms with Gasteiger partial charge in [0.1, 0.15) is 30.5 Å². The first-order valence-electron chi connectivity index (χ1n) is 22.4. The van der Waals surface area contributed by atoms with Crippen molar-refractivity contribution in [2.75, 3.05) is 13.2 Å². The lowest BCUT2D eigenvalue weighted by Crippen LogP contribution is -2.60. The number of benzene rings is 1. The number of ether oxygens (including phenoxy) is 2. The molecule has 0 aliphatic carbocycles. The smallest absolute Gasteiger partial charge is 0.220 e. The summed E-state index contributed by atoms with van der Waals surface area (Å²) in [7, 11) is 0. The van der Waals surface area contributed by atoms with E-state index in [0.29, 0.717) is 19.3 Å². The van der Waals surface area contributed by atoms with Crippen molar-refractivity contribution in [3.8, 4) is 0 Å². The molecule has 1 aliphatic heterocycles. The number of amides is 1. The first-order chi connectivity index (χ1) is 26.8. The van der Waals surface area contributed by atoms with Gasteiger partial charge in [0.15, 0.2) is 6.29 Å². The van der Waals surface area contributed by atoms with Crippen LogP contribution in [0.3, 0.4) is 0 Å². The molecule has 1 aliphatic rings. The minimum atomic E-state index is -1.61. The zero-order chi connectivity index (χ0) is 39.9. The van der Waals surface area contributed by atoms with Crippen LogP contribution in [0.15, 0.2) is 30.3 Å². The number of aryl methyl sites for hydroxylation is 1. The van der Waals surface area contributed by atoms with E-state index in [-0.39, 0.29) is 18.9 Å². The van der Waals surface area contributed by atoms with E-state index >= 15 is 0 Å². The molecule has 7 N–H and O–H groups in total. The maximum absolute atomic E-state index is 13.0. The summed E-state index contributed by atoms with van der Waals surface area (Å²) in [5.41, 5.74) is 1.12. The summed E-state index contributed by atoms with van der Waals surface area (Å²) in [5.74, 6) is -0.276. The molecule has 1 heterocycles. The van der Waals surface area contributed by atoms with Crippen LogP contribution in [0.5, 0.6) is 0 Å². The maximum atomic E-state index is 13.0. The average molecular weight is 780 g/mol. The summed E-state index contributed by atoms with van der Waals surface area (Å²) in [5, 5.41) is 64.9. The Hall–Kier alpha value is -1.63. The predicted octanol–water partition coefficient (Wildman–Crippen LogP) is 7.41. The Labute approximate surface area is 333 Å². The summed E-state index contributed by atoms with van der Waals surface area (Å²) in [6, 6.07) is 8.83. The molecule has 10 heteroatoms. The number of rotatable bonds is 35. The number of unbranched alkanes of at least 4 members (excludes halogenated alkanes) is 22. The molecule has 1 fully saturated rings. The van der Waals surface area contributed by atoms with Gasteiger partial charge in [-0.15, -0.1) is 0 Å². The molecular formula is C45H81NO9. The van der Waals surface area contributed by atoms with Gasteiger partial charge >= 0.3 is 0 Å². The predicted molar refractivity (Wildman–Crippen MR) is 220 cm³/mol. The summed E-state index contributed by atoms with van der Waals surface area (Å²) in [6.07, 6.45) is 22.1. The molecule has 1 aromatic rings. The van der Waals surface area contributed by atoms with Gasteiger partial charge in [-0.05, 0) is 31.2 Å². The lowest BCUT2D eigenvalue weighted by Gasteiger charge is -2.40. The van der Waals surface area contributed by atoms with Crippen LogP contribution < -0.4 is 5.32 Å². The van der Waals surface area contributed by atoms with Crippen molar-refractivity contribution in [2.24, 2.45) is 0 Å². The van der Waals surface area contributed by atoms with Crippen LogP contribution in [0, 0.1) is 0 Å². The molecule has 1 amide bonds. The molecule has 0 aromatic heterocycles. The normalized spacial score (nSPS) is 21.7. The molecular weight excluding hydrogens is 698 g/mol. The molecule has 55 heavy (non-hydrogen) atoms. The van der Waals surface area contributed by atoms with Crippen LogP contribution in [0.1, 0.15) is 179 Å². The van der Waals surface area contributed by atoms with E-state index in [1.807, 2.05) is 30.3 Å². The van der Waals surface area contributed by atoms with E-state index in [9.17, 15) is 35.4 Å². The molecule has 2 rings (SSSR count). The summed E-state index contributed by atoms with van der Waals surface area (Å²) < 4.78 is 11.1. The van der Waals surface area contributed by atoms with Crippen molar-refractivity contribution >= 4 is 5.91 Å². The fourth-order valence-corrected chi connectivity index (χ4v) is 7.58. The lowest BCUT2D eigenvalue weighted by molar-refractivity contribution is -0.303. The lowest BCUT2D eigenvalue weighted by atomic mass is 9.98. The van der Waals surface area contributed by atoms with Crippen LogP contribution in [0.25, 0.3) is 0 Å². The van der Waals surface area contributed by atoms with Gasteiger partial charge in [0.2, 0.25) is 5.91 Å². The van der Waals surface area contributed by atoms with Crippen molar-refractivity contribution in [3.63, 3.8) is 0 Å². The van der Waals surface area contributed by atoms with Crippen molar-refractivity contribution in [3.05, 3.63) is 35.9 Å². The Kier molecular flexibility index (Phi) is 29.1. The van der Waals surface area contributed by atoms with Gasteiger partial charge in [-0.3, -0.25) is 4.79 Å². The highest BCUT2D eigenvalue weighted by Gasteiger charge is 2.44. The number of carbonyl (C=O) groups is 1. The standard InChI is InChI=1S/C45H81NO9/c1-2-3-4-5-6-7-8-9-10-11-12-13-14-15-16-17-18-19-20-21-22-23-27-33-40(49)46-37(35-54-45-44(53)43(52)42(51)39(34-47)55-45)41(50)38(48)32-28-31-36-29-25-24-26-30-36/h24-26,29-30,37-39,41-45,47-48,50-53H,2-23,27-28,31-35H2,1H3,(H,46,49)/t37-,38+,39+,41-,42-,43-,44+,45-/m0/s1. The summed E-state index contributed by atoms with van der Waals surface area (Å²) in [4.78, 5) is 13.0. The Bertz CT molecular complexity index is 1030. The van der Waals surface area contributed by atoms with Gasteiger partial charge in [-0.25, -0.2) is 0 Å². The Morgan fingerprint density at radius 1 is 0.673 bits per heavy atom. The number of aliphatic hydroxyl groups is 6. The second kappa shape index (κ2) is 32.3. The van der Waals surface area contributed by atoms with Gasteiger partial charge in [0.25, 0.3) is 0 Å². The zero-order valence-corrected chi connectivity index (χ0v) is 34.4.